The molecule has 0 amide bonds. The molecule has 0 radical (unpaired) electrons. The molecule has 2 heterocycles. The van der Waals surface area contributed by atoms with Gasteiger partial charge in [0.25, 0.3) is 5.56 Å². The number of nitrogens with zero attached hydrogens (tertiary/aromatic N) is 2. The van der Waals surface area contributed by atoms with E-state index < -0.39 is 12.1 Å². The Kier molecular flexibility index (Phi) is 5.01. The van der Waals surface area contributed by atoms with E-state index in [0.29, 0.717) is 23.0 Å². The van der Waals surface area contributed by atoms with Crippen LogP contribution in [0.5, 0.6) is 0 Å². The third-order valence-electron chi connectivity index (χ3n) is 5.35. The molecule has 0 bridgehead atoms. The topological polar surface area (TPSA) is 78.3 Å². The number of aromatic nitrogens is 2. The molecule has 3 aromatic rings. The van der Waals surface area contributed by atoms with Crippen LogP contribution in [0.1, 0.15) is 52.4 Å². The fourth-order valence-electron chi connectivity index (χ4n) is 3.63. The minimum absolute atomic E-state index is 0.0820. The van der Waals surface area contributed by atoms with Gasteiger partial charge < -0.3 is 4.74 Å². The van der Waals surface area contributed by atoms with Gasteiger partial charge in [0, 0.05) is 18.5 Å². The van der Waals surface area contributed by atoms with Gasteiger partial charge in [-0.1, -0.05) is 31.2 Å². The second-order valence-corrected chi connectivity index (χ2v) is 7.28. The van der Waals surface area contributed by atoms with Gasteiger partial charge in [-0.15, -0.1) is 0 Å². The first-order valence-electron chi connectivity index (χ1n) is 9.85. The Balaban J connectivity index is 1.54. The Morgan fingerprint density at radius 1 is 1.14 bits per heavy atom. The summed E-state index contributed by atoms with van der Waals surface area (Å²) in [6.07, 6.45) is 1.63. The number of hydrogen-bond acceptors (Lipinski definition) is 5. The van der Waals surface area contributed by atoms with Crippen LogP contribution in [0.2, 0.25) is 0 Å². The monoisotopic (exact) mass is 390 g/mol. The van der Waals surface area contributed by atoms with Gasteiger partial charge in [-0.3, -0.25) is 14.2 Å². The highest BCUT2D eigenvalue weighted by Crippen LogP contribution is 2.18. The van der Waals surface area contributed by atoms with E-state index in [1.54, 1.807) is 41.8 Å². The van der Waals surface area contributed by atoms with Gasteiger partial charge in [0.1, 0.15) is 5.82 Å². The summed E-state index contributed by atoms with van der Waals surface area (Å²) >= 11 is 0. The Labute approximate surface area is 168 Å². The second kappa shape index (κ2) is 7.62. The third kappa shape index (κ3) is 3.58. The van der Waals surface area contributed by atoms with Crippen molar-refractivity contribution in [1.29, 1.82) is 0 Å². The van der Waals surface area contributed by atoms with Crippen LogP contribution < -0.4 is 5.56 Å². The number of carbonyl (C=O) groups is 2. The van der Waals surface area contributed by atoms with Gasteiger partial charge >= 0.3 is 5.97 Å². The van der Waals surface area contributed by atoms with Gasteiger partial charge in [-0.2, -0.15) is 0 Å². The van der Waals surface area contributed by atoms with E-state index in [1.165, 1.54) is 0 Å². The number of carbonyl (C=O) groups excluding carboxylic acids is 2. The number of ketones is 1. The zero-order valence-electron chi connectivity index (χ0n) is 16.5. The summed E-state index contributed by atoms with van der Waals surface area (Å²) < 4.78 is 7.07. The first-order chi connectivity index (χ1) is 14.0. The minimum Gasteiger partial charge on any atom is -0.451 e. The lowest BCUT2D eigenvalue weighted by molar-refractivity contribution is 0.0319. The quantitative estimate of drug-likeness (QED) is 0.493. The summed E-state index contributed by atoms with van der Waals surface area (Å²) in [5.74, 6) is -0.122. The lowest BCUT2D eigenvalue weighted by atomic mass is 10.0. The van der Waals surface area contributed by atoms with Crippen molar-refractivity contribution < 1.29 is 14.3 Å². The van der Waals surface area contributed by atoms with E-state index in [9.17, 15) is 14.4 Å². The molecule has 4 rings (SSSR count). The molecule has 1 aliphatic heterocycles. The van der Waals surface area contributed by atoms with Crippen LogP contribution in [0, 0.1) is 0 Å². The molecule has 0 fully saturated rings. The molecule has 1 aromatic heterocycles. The van der Waals surface area contributed by atoms with Gasteiger partial charge in [0.05, 0.1) is 16.5 Å². The maximum absolute atomic E-state index is 12.6. The molecule has 0 aliphatic carbocycles. The molecule has 6 heteroatoms. The molecule has 0 unspecified atom stereocenters. The van der Waals surface area contributed by atoms with Crippen molar-refractivity contribution in [2.45, 2.75) is 45.8 Å². The number of esters is 1. The standard InChI is InChI=1S/C23H22N2O4/c1-3-15-6-8-16(9-7-15)21(26)14(2)29-23(28)17-10-11-18-19(13-17)24-20-5-4-12-25(20)22(18)27/h6-11,13-14H,3-5,12H2,1-2H3/t14-/m1/s1. The number of hydrogen-bond donors (Lipinski definition) is 0. The third-order valence-corrected chi connectivity index (χ3v) is 5.35. The van der Waals surface area contributed by atoms with Crippen molar-refractivity contribution in [2.24, 2.45) is 0 Å². The summed E-state index contributed by atoms with van der Waals surface area (Å²) in [7, 11) is 0. The smallest absolute Gasteiger partial charge is 0.338 e. The lowest BCUT2D eigenvalue weighted by Gasteiger charge is -2.13. The molecule has 1 atom stereocenters. The van der Waals surface area contributed by atoms with Crippen molar-refractivity contribution >= 4 is 22.7 Å². The molecule has 29 heavy (non-hydrogen) atoms. The maximum Gasteiger partial charge on any atom is 0.338 e. The molecule has 1 aliphatic rings. The Hall–Kier alpha value is -3.28. The number of fused-ring (bicyclic) bond motifs is 2. The van der Waals surface area contributed by atoms with E-state index in [2.05, 4.69) is 4.98 Å². The molecule has 0 saturated heterocycles. The second-order valence-electron chi connectivity index (χ2n) is 7.28. The number of rotatable bonds is 5. The molecule has 6 nitrogen and oxygen atoms in total. The minimum atomic E-state index is -0.913. The maximum atomic E-state index is 12.6. The predicted octanol–water partition coefficient (Wildman–Crippen LogP) is 3.33. The number of Topliss-reactive ketones (excluding diaryl/α,β-unsaturated/α-hetero) is 1. The zero-order valence-corrected chi connectivity index (χ0v) is 16.5. The lowest BCUT2D eigenvalue weighted by Crippen LogP contribution is -2.25. The summed E-state index contributed by atoms with van der Waals surface area (Å²) in [5, 5.41) is 0.479. The Morgan fingerprint density at radius 2 is 1.86 bits per heavy atom. The average Bonchev–Trinajstić information content (AvgIpc) is 3.21. The van der Waals surface area contributed by atoms with Crippen LogP contribution >= 0.6 is 0 Å². The van der Waals surface area contributed by atoms with E-state index in [4.69, 9.17) is 4.74 Å². The van der Waals surface area contributed by atoms with Crippen LogP contribution in [0.4, 0.5) is 0 Å². The highest BCUT2D eigenvalue weighted by atomic mass is 16.5. The summed E-state index contributed by atoms with van der Waals surface area (Å²) in [5.41, 5.74) is 2.31. The first-order valence-corrected chi connectivity index (χ1v) is 9.85. The molecule has 0 spiro atoms. The number of benzene rings is 2. The van der Waals surface area contributed by atoms with Crippen LogP contribution in [0.25, 0.3) is 10.9 Å². The van der Waals surface area contributed by atoms with E-state index in [0.717, 1.165) is 30.7 Å². The molecular weight excluding hydrogens is 368 g/mol. The first kappa shape index (κ1) is 19.1. The fourth-order valence-corrected chi connectivity index (χ4v) is 3.63. The fraction of sp³-hybridized carbons (Fsp3) is 0.304. The van der Waals surface area contributed by atoms with E-state index in [-0.39, 0.29) is 16.9 Å². The molecular formula is C23H22N2O4. The predicted molar refractivity (Wildman–Crippen MR) is 109 cm³/mol. The van der Waals surface area contributed by atoms with Crippen molar-refractivity contribution in [2.75, 3.05) is 0 Å². The van der Waals surface area contributed by atoms with Crippen LogP contribution in [-0.2, 0) is 24.1 Å². The zero-order chi connectivity index (χ0) is 20.5. The Morgan fingerprint density at radius 3 is 2.59 bits per heavy atom. The largest absolute Gasteiger partial charge is 0.451 e. The summed E-state index contributed by atoms with van der Waals surface area (Å²) in [6, 6.07) is 12.0. The summed E-state index contributed by atoms with van der Waals surface area (Å²) in [4.78, 5) is 42.2. The normalized spacial score (nSPS) is 13.9. The SMILES string of the molecule is CCc1ccc(C(=O)[C@@H](C)OC(=O)c2ccc3c(=O)n4c(nc3c2)CCC4)cc1. The van der Waals surface area contributed by atoms with Crippen LogP contribution in [0.15, 0.2) is 47.3 Å². The number of aryl methyl sites for hydroxylation is 2. The van der Waals surface area contributed by atoms with Crippen LogP contribution in [-0.4, -0.2) is 27.4 Å². The number of ether oxygens (including phenoxy) is 1. The van der Waals surface area contributed by atoms with Crippen molar-refractivity contribution in [3.8, 4) is 0 Å². The van der Waals surface area contributed by atoms with Gasteiger partial charge in [-0.05, 0) is 43.5 Å². The van der Waals surface area contributed by atoms with Crippen molar-refractivity contribution in [3.63, 3.8) is 0 Å². The molecule has 0 saturated carbocycles. The van der Waals surface area contributed by atoms with Gasteiger partial charge in [0.2, 0.25) is 5.78 Å². The van der Waals surface area contributed by atoms with Gasteiger partial charge in [0.15, 0.2) is 6.10 Å². The van der Waals surface area contributed by atoms with Crippen molar-refractivity contribution in [1.82, 2.24) is 9.55 Å². The highest BCUT2D eigenvalue weighted by Gasteiger charge is 2.22. The molecule has 2 aromatic carbocycles. The van der Waals surface area contributed by atoms with Gasteiger partial charge in [-0.25, -0.2) is 9.78 Å². The molecule has 0 N–H and O–H groups in total. The van der Waals surface area contributed by atoms with Crippen LogP contribution in [0.3, 0.4) is 0 Å². The molecule has 148 valence electrons. The Bertz CT molecular complexity index is 1160. The summed E-state index contributed by atoms with van der Waals surface area (Å²) in [6.45, 7) is 4.29. The highest BCUT2D eigenvalue weighted by molar-refractivity contribution is 6.02. The van der Waals surface area contributed by atoms with Crippen molar-refractivity contribution in [3.05, 3.63) is 75.3 Å². The average molecular weight is 390 g/mol. The van der Waals surface area contributed by atoms with E-state index >= 15 is 0 Å². The van der Waals surface area contributed by atoms with E-state index in [1.807, 2.05) is 19.1 Å².